The van der Waals surface area contributed by atoms with Gasteiger partial charge in [-0.05, 0) is 18.2 Å². The van der Waals surface area contributed by atoms with Crippen molar-refractivity contribution in [1.82, 2.24) is 4.90 Å². The summed E-state index contributed by atoms with van der Waals surface area (Å²) in [5.41, 5.74) is 1.11. The number of hydrogen-bond acceptors (Lipinski definition) is 4. The lowest BCUT2D eigenvalue weighted by Crippen LogP contribution is -2.27. The number of hydrogen-bond donors (Lipinski definition) is 1. The molecule has 1 aromatic carbocycles. The van der Waals surface area contributed by atoms with Crippen LogP contribution in [0, 0.1) is 11.3 Å². The highest BCUT2D eigenvalue weighted by Crippen LogP contribution is 2.17. The van der Waals surface area contributed by atoms with Crippen molar-refractivity contribution < 1.29 is 9.59 Å². The van der Waals surface area contributed by atoms with Crippen LogP contribution in [0.1, 0.15) is 12.0 Å². The molecule has 0 aliphatic carbocycles. The van der Waals surface area contributed by atoms with Crippen molar-refractivity contribution in [3.63, 3.8) is 0 Å². The molecule has 0 saturated carbocycles. The van der Waals surface area contributed by atoms with Crippen LogP contribution < -0.4 is 5.32 Å². The number of nitrogens with one attached hydrogen (secondary N) is 1. The summed E-state index contributed by atoms with van der Waals surface area (Å²) in [6.45, 7) is 1.15. The van der Waals surface area contributed by atoms with Crippen molar-refractivity contribution in [1.29, 1.82) is 5.26 Å². The fourth-order valence-corrected chi connectivity index (χ4v) is 2.61. The Hall–Kier alpha value is -2.00. The van der Waals surface area contributed by atoms with Gasteiger partial charge >= 0.3 is 0 Å². The summed E-state index contributed by atoms with van der Waals surface area (Å²) < 4.78 is 0. The normalized spacial score (nSPS) is 14.3. The smallest absolute Gasteiger partial charge is 0.281 e. The van der Waals surface area contributed by atoms with Crippen LogP contribution in [0.4, 0.5) is 10.5 Å². The van der Waals surface area contributed by atoms with Crippen molar-refractivity contribution in [2.75, 3.05) is 24.2 Å². The number of anilines is 1. The van der Waals surface area contributed by atoms with Crippen molar-refractivity contribution >= 4 is 28.6 Å². The van der Waals surface area contributed by atoms with E-state index >= 15 is 0 Å². The van der Waals surface area contributed by atoms with E-state index in [1.54, 1.807) is 29.2 Å². The largest absolute Gasteiger partial charge is 0.332 e. The number of amides is 2. The fraction of sp³-hybridized carbons (Fsp3) is 0.308. The van der Waals surface area contributed by atoms with Gasteiger partial charge in [-0.2, -0.15) is 5.26 Å². The van der Waals surface area contributed by atoms with Crippen LogP contribution in [0.3, 0.4) is 0 Å². The molecule has 1 aliphatic heterocycles. The molecule has 0 unspecified atom stereocenters. The van der Waals surface area contributed by atoms with Crippen molar-refractivity contribution in [3.05, 3.63) is 29.8 Å². The Morgan fingerprint density at radius 3 is 3.05 bits per heavy atom. The van der Waals surface area contributed by atoms with Gasteiger partial charge in [-0.25, -0.2) is 0 Å². The van der Waals surface area contributed by atoms with Gasteiger partial charge in [0.2, 0.25) is 5.91 Å². The quantitative estimate of drug-likeness (QED) is 0.912. The van der Waals surface area contributed by atoms with Gasteiger partial charge in [0.05, 0.1) is 11.6 Å². The van der Waals surface area contributed by atoms with Gasteiger partial charge in [-0.15, -0.1) is 0 Å². The number of thioether (sulfide) groups is 1. The lowest BCUT2D eigenvalue weighted by Gasteiger charge is -2.13. The Bertz CT molecular complexity index is 539. The first kappa shape index (κ1) is 13.4. The Balaban J connectivity index is 1.84. The van der Waals surface area contributed by atoms with Gasteiger partial charge in [0.15, 0.2) is 0 Å². The highest BCUT2D eigenvalue weighted by molar-refractivity contribution is 8.13. The van der Waals surface area contributed by atoms with Crippen LogP contribution in [0.2, 0.25) is 0 Å². The Kier molecular flexibility index (Phi) is 4.42. The highest BCUT2D eigenvalue weighted by Gasteiger charge is 2.21. The molecule has 6 heteroatoms. The van der Waals surface area contributed by atoms with Gasteiger partial charge in [-0.1, -0.05) is 17.8 Å². The minimum absolute atomic E-state index is 0.0410. The molecular weight excluding hydrogens is 262 g/mol. The lowest BCUT2D eigenvalue weighted by atomic mass is 10.2. The van der Waals surface area contributed by atoms with Gasteiger partial charge in [-0.3, -0.25) is 9.59 Å². The number of carbonyl (C=O) groups excluding carboxylic acids is 2. The van der Waals surface area contributed by atoms with Crippen molar-refractivity contribution in [2.45, 2.75) is 6.42 Å². The Morgan fingerprint density at radius 1 is 1.53 bits per heavy atom. The summed E-state index contributed by atoms with van der Waals surface area (Å²) in [5, 5.41) is 11.5. The average Bonchev–Trinajstić information content (AvgIpc) is 2.82. The molecule has 1 heterocycles. The topological polar surface area (TPSA) is 73.2 Å². The number of carbonyl (C=O) groups is 2. The third kappa shape index (κ3) is 3.73. The third-order valence-electron chi connectivity index (χ3n) is 2.73. The molecule has 2 amide bonds. The molecule has 1 fully saturated rings. The molecule has 5 nitrogen and oxygen atoms in total. The molecule has 0 radical (unpaired) electrons. The second kappa shape index (κ2) is 6.25. The average molecular weight is 275 g/mol. The van der Waals surface area contributed by atoms with Gasteiger partial charge in [0.1, 0.15) is 0 Å². The highest BCUT2D eigenvalue weighted by atomic mass is 32.2. The zero-order valence-electron chi connectivity index (χ0n) is 10.3. The van der Waals surface area contributed by atoms with E-state index in [2.05, 4.69) is 5.32 Å². The fourth-order valence-electron chi connectivity index (χ4n) is 1.76. The molecular formula is C13H13N3O2S. The Morgan fingerprint density at radius 2 is 2.37 bits per heavy atom. The van der Waals surface area contributed by atoms with Gasteiger partial charge in [0.25, 0.3) is 5.24 Å². The van der Waals surface area contributed by atoms with E-state index < -0.39 is 0 Å². The Labute approximate surface area is 115 Å². The van der Waals surface area contributed by atoms with E-state index in [0.29, 0.717) is 24.3 Å². The first-order chi connectivity index (χ1) is 9.19. The van der Waals surface area contributed by atoms with Gasteiger partial charge in [0, 0.05) is 31.0 Å². The molecule has 1 saturated heterocycles. The standard InChI is InChI=1S/C13H13N3O2S/c14-9-10-2-1-3-11(8-10)15-12(17)4-5-16-6-7-19-13(16)18/h1-3,8H,4-7H2,(H,15,17). The summed E-state index contributed by atoms with van der Waals surface area (Å²) in [7, 11) is 0. The summed E-state index contributed by atoms with van der Waals surface area (Å²) >= 11 is 1.29. The van der Waals surface area contributed by atoms with E-state index in [1.807, 2.05) is 6.07 Å². The first-order valence-electron chi connectivity index (χ1n) is 5.91. The molecule has 19 heavy (non-hydrogen) atoms. The zero-order valence-corrected chi connectivity index (χ0v) is 11.1. The zero-order chi connectivity index (χ0) is 13.7. The van der Waals surface area contributed by atoms with Crippen LogP contribution in [-0.2, 0) is 4.79 Å². The summed E-state index contributed by atoms with van der Waals surface area (Å²) in [4.78, 5) is 24.8. The molecule has 1 N–H and O–H groups in total. The maximum Gasteiger partial charge on any atom is 0.281 e. The van der Waals surface area contributed by atoms with Crippen LogP contribution in [0.25, 0.3) is 0 Å². The molecule has 0 spiro atoms. The van der Waals surface area contributed by atoms with E-state index in [1.165, 1.54) is 11.8 Å². The van der Waals surface area contributed by atoms with E-state index in [4.69, 9.17) is 5.26 Å². The van der Waals surface area contributed by atoms with Crippen LogP contribution in [-0.4, -0.2) is 34.9 Å². The second-order valence-electron chi connectivity index (χ2n) is 4.09. The second-order valence-corrected chi connectivity index (χ2v) is 5.14. The maximum atomic E-state index is 11.7. The summed E-state index contributed by atoms with van der Waals surface area (Å²) in [6.07, 6.45) is 0.267. The molecule has 0 aromatic heterocycles. The van der Waals surface area contributed by atoms with Crippen LogP contribution in [0.5, 0.6) is 0 Å². The first-order valence-corrected chi connectivity index (χ1v) is 6.89. The van der Waals surface area contributed by atoms with Crippen LogP contribution >= 0.6 is 11.8 Å². The number of rotatable bonds is 4. The van der Waals surface area contributed by atoms with E-state index in [0.717, 1.165) is 5.75 Å². The lowest BCUT2D eigenvalue weighted by molar-refractivity contribution is -0.116. The predicted octanol–water partition coefficient (Wildman–Crippen LogP) is 2.06. The van der Waals surface area contributed by atoms with Crippen molar-refractivity contribution in [2.24, 2.45) is 0 Å². The number of nitriles is 1. The number of nitrogens with zero attached hydrogens (tertiary/aromatic N) is 2. The molecule has 1 aliphatic rings. The maximum absolute atomic E-state index is 11.7. The SMILES string of the molecule is N#Cc1cccc(NC(=O)CCN2CCSC2=O)c1. The predicted molar refractivity (Wildman–Crippen MR) is 73.8 cm³/mol. The molecule has 0 atom stereocenters. The summed E-state index contributed by atoms with van der Waals surface area (Å²) in [6, 6.07) is 8.76. The monoisotopic (exact) mass is 275 g/mol. The molecule has 2 rings (SSSR count). The minimum atomic E-state index is -0.153. The molecule has 1 aromatic rings. The summed E-state index contributed by atoms with van der Waals surface area (Å²) in [5.74, 6) is 0.643. The van der Waals surface area contributed by atoms with E-state index in [9.17, 15) is 9.59 Å². The molecule has 98 valence electrons. The van der Waals surface area contributed by atoms with Crippen molar-refractivity contribution in [3.8, 4) is 6.07 Å². The van der Waals surface area contributed by atoms with Crippen LogP contribution in [0.15, 0.2) is 24.3 Å². The van der Waals surface area contributed by atoms with Gasteiger partial charge < -0.3 is 10.2 Å². The molecule has 0 bridgehead atoms. The third-order valence-corrected chi connectivity index (χ3v) is 3.62. The van der Waals surface area contributed by atoms with E-state index in [-0.39, 0.29) is 17.6 Å². The number of benzene rings is 1. The minimum Gasteiger partial charge on any atom is -0.332 e.